The fourth-order valence-corrected chi connectivity index (χ4v) is 2.88. The largest absolute Gasteiger partial charge is 0.360 e. The molecule has 0 fully saturated rings. The molecular weight excluding hydrogens is 355 g/mol. The summed E-state index contributed by atoms with van der Waals surface area (Å²) in [6.07, 6.45) is 7.38. The second-order valence-electron chi connectivity index (χ2n) is 5.64. The second-order valence-corrected chi connectivity index (χ2v) is 6.08. The summed E-state index contributed by atoms with van der Waals surface area (Å²) < 4.78 is 15.6. The van der Waals surface area contributed by atoms with Crippen LogP contribution in [0.15, 0.2) is 61.3 Å². The molecule has 4 rings (SSSR count). The number of hydrogen-bond acceptors (Lipinski definition) is 3. The van der Waals surface area contributed by atoms with Crippen molar-refractivity contribution in [1.82, 2.24) is 19.7 Å². The van der Waals surface area contributed by atoms with Crippen LogP contribution in [0, 0.1) is 5.82 Å². The molecular formula is C19H12ClFN4O. The van der Waals surface area contributed by atoms with Gasteiger partial charge in [-0.15, -0.1) is 0 Å². The summed E-state index contributed by atoms with van der Waals surface area (Å²) in [5.74, 6) is -0.633. The minimum atomic E-state index is -0.452. The smallest absolute Gasteiger partial charge is 0.187 e. The molecule has 128 valence electrons. The number of benzene rings is 2. The van der Waals surface area contributed by atoms with E-state index in [0.717, 1.165) is 10.9 Å². The Morgan fingerprint density at radius 3 is 2.88 bits per heavy atom. The van der Waals surface area contributed by atoms with Crippen molar-refractivity contribution >= 4 is 34.4 Å². The van der Waals surface area contributed by atoms with Gasteiger partial charge in [0.05, 0.1) is 0 Å². The minimum absolute atomic E-state index is 0.181. The number of nitrogens with zero attached hydrogens (tertiary/aromatic N) is 3. The molecule has 2 aromatic carbocycles. The maximum Gasteiger partial charge on any atom is 0.187 e. The summed E-state index contributed by atoms with van der Waals surface area (Å²) >= 11 is 5.95. The summed E-state index contributed by atoms with van der Waals surface area (Å²) in [4.78, 5) is 19.3. The molecule has 0 atom stereocenters. The van der Waals surface area contributed by atoms with Crippen molar-refractivity contribution in [3.05, 3.63) is 83.3 Å². The molecule has 0 saturated heterocycles. The normalized spacial score (nSPS) is 11.5. The number of rotatable bonds is 4. The van der Waals surface area contributed by atoms with E-state index < -0.39 is 5.82 Å². The van der Waals surface area contributed by atoms with E-state index in [-0.39, 0.29) is 5.78 Å². The molecule has 4 aromatic rings. The zero-order chi connectivity index (χ0) is 18.1. The van der Waals surface area contributed by atoms with Crippen LogP contribution in [0.4, 0.5) is 4.39 Å². The van der Waals surface area contributed by atoms with Crippen molar-refractivity contribution < 1.29 is 9.18 Å². The van der Waals surface area contributed by atoms with Crippen LogP contribution in [0.1, 0.15) is 15.9 Å². The van der Waals surface area contributed by atoms with Crippen LogP contribution < -0.4 is 0 Å². The Labute approximate surface area is 152 Å². The van der Waals surface area contributed by atoms with Gasteiger partial charge in [0.1, 0.15) is 24.2 Å². The molecule has 2 heterocycles. The molecule has 1 N–H and O–H groups in total. The van der Waals surface area contributed by atoms with Gasteiger partial charge in [0, 0.05) is 27.7 Å². The molecule has 0 aliphatic carbocycles. The van der Waals surface area contributed by atoms with E-state index in [1.54, 1.807) is 42.6 Å². The SMILES string of the molecule is O=C(/C=C/c1ccc(-n2cncn2)c(F)c1)c1c[nH]c2cc(Cl)ccc12. The molecule has 0 aliphatic heterocycles. The van der Waals surface area contributed by atoms with E-state index in [4.69, 9.17) is 11.6 Å². The molecule has 7 heteroatoms. The van der Waals surface area contributed by atoms with Crippen LogP contribution in [0.25, 0.3) is 22.7 Å². The molecule has 26 heavy (non-hydrogen) atoms. The van der Waals surface area contributed by atoms with E-state index in [0.29, 0.717) is 21.8 Å². The first-order valence-corrected chi connectivity index (χ1v) is 8.13. The lowest BCUT2D eigenvalue weighted by Gasteiger charge is -2.03. The lowest BCUT2D eigenvalue weighted by atomic mass is 10.1. The van der Waals surface area contributed by atoms with Crippen molar-refractivity contribution in [2.24, 2.45) is 0 Å². The predicted molar refractivity (Wildman–Crippen MR) is 98.0 cm³/mol. The molecule has 0 radical (unpaired) electrons. The predicted octanol–water partition coefficient (Wildman–Crippen LogP) is 4.44. The van der Waals surface area contributed by atoms with Gasteiger partial charge in [-0.05, 0) is 35.9 Å². The number of aromatic amines is 1. The summed E-state index contributed by atoms with van der Waals surface area (Å²) in [5.41, 5.74) is 2.19. The highest BCUT2D eigenvalue weighted by Gasteiger charge is 2.10. The zero-order valence-electron chi connectivity index (χ0n) is 13.4. The third kappa shape index (κ3) is 3.02. The standard InChI is InChI=1S/C19H12ClFN4O/c20-13-3-4-14-15(9-23-17(14)8-13)19(26)6-2-12-1-5-18(16(21)7-12)25-11-22-10-24-25/h1-11,23H/b6-2+. The first-order chi connectivity index (χ1) is 12.6. The Morgan fingerprint density at radius 2 is 2.12 bits per heavy atom. The number of carbonyl (C=O) groups excluding carboxylic acids is 1. The van der Waals surface area contributed by atoms with Crippen LogP contribution in [0.2, 0.25) is 5.02 Å². The van der Waals surface area contributed by atoms with Crippen molar-refractivity contribution in [2.75, 3.05) is 0 Å². The van der Waals surface area contributed by atoms with Gasteiger partial charge < -0.3 is 4.98 Å². The van der Waals surface area contributed by atoms with Gasteiger partial charge in [-0.1, -0.05) is 29.8 Å². The number of H-pyrrole nitrogens is 1. The van der Waals surface area contributed by atoms with E-state index in [9.17, 15) is 9.18 Å². The number of fused-ring (bicyclic) bond motifs is 1. The highest BCUT2D eigenvalue weighted by molar-refractivity contribution is 6.31. The van der Waals surface area contributed by atoms with Gasteiger partial charge in [-0.3, -0.25) is 4.79 Å². The molecule has 0 aliphatic rings. The number of nitrogens with one attached hydrogen (secondary N) is 1. The van der Waals surface area contributed by atoms with Gasteiger partial charge in [0.2, 0.25) is 0 Å². The maximum atomic E-state index is 14.2. The van der Waals surface area contributed by atoms with Gasteiger partial charge in [-0.25, -0.2) is 14.1 Å². The zero-order valence-corrected chi connectivity index (χ0v) is 14.1. The van der Waals surface area contributed by atoms with Crippen molar-refractivity contribution in [2.45, 2.75) is 0 Å². The molecule has 0 spiro atoms. The Kier molecular flexibility index (Phi) is 4.10. The molecule has 5 nitrogen and oxygen atoms in total. The van der Waals surface area contributed by atoms with Gasteiger partial charge in [0.15, 0.2) is 5.78 Å². The van der Waals surface area contributed by atoms with Crippen molar-refractivity contribution in [3.8, 4) is 5.69 Å². The maximum absolute atomic E-state index is 14.2. The number of halogens is 2. The van der Waals surface area contributed by atoms with E-state index >= 15 is 0 Å². The Hall–Kier alpha value is -3.25. The third-order valence-corrected chi connectivity index (χ3v) is 4.21. The summed E-state index contributed by atoms with van der Waals surface area (Å²) in [6, 6.07) is 9.92. The van der Waals surface area contributed by atoms with Crippen LogP contribution in [-0.4, -0.2) is 25.5 Å². The Morgan fingerprint density at radius 1 is 1.23 bits per heavy atom. The topological polar surface area (TPSA) is 63.6 Å². The minimum Gasteiger partial charge on any atom is -0.360 e. The summed E-state index contributed by atoms with van der Waals surface area (Å²) in [5, 5.41) is 5.28. The van der Waals surface area contributed by atoms with E-state index in [1.165, 1.54) is 29.5 Å². The third-order valence-electron chi connectivity index (χ3n) is 3.97. The van der Waals surface area contributed by atoms with Crippen LogP contribution in [-0.2, 0) is 0 Å². The van der Waals surface area contributed by atoms with Crippen LogP contribution in [0.3, 0.4) is 0 Å². The van der Waals surface area contributed by atoms with Crippen LogP contribution >= 0.6 is 11.6 Å². The van der Waals surface area contributed by atoms with Gasteiger partial charge in [0.25, 0.3) is 0 Å². The fourth-order valence-electron chi connectivity index (χ4n) is 2.71. The molecule has 2 aromatic heterocycles. The monoisotopic (exact) mass is 366 g/mol. The lowest BCUT2D eigenvalue weighted by molar-refractivity contribution is 0.104. The first-order valence-electron chi connectivity index (χ1n) is 7.75. The number of allylic oxidation sites excluding steroid dienone is 1. The highest BCUT2D eigenvalue weighted by Crippen LogP contribution is 2.23. The number of ketones is 1. The lowest BCUT2D eigenvalue weighted by Crippen LogP contribution is -1.98. The van der Waals surface area contributed by atoms with Gasteiger partial charge >= 0.3 is 0 Å². The average Bonchev–Trinajstić information content (AvgIpc) is 3.29. The average molecular weight is 367 g/mol. The Balaban J connectivity index is 1.59. The van der Waals surface area contributed by atoms with E-state index in [1.807, 2.05) is 0 Å². The highest BCUT2D eigenvalue weighted by atomic mass is 35.5. The van der Waals surface area contributed by atoms with Crippen molar-refractivity contribution in [3.63, 3.8) is 0 Å². The second kappa shape index (κ2) is 6.57. The van der Waals surface area contributed by atoms with Crippen LogP contribution in [0.5, 0.6) is 0 Å². The van der Waals surface area contributed by atoms with E-state index in [2.05, 4.69) is 15.1 Å². The molecule has 0 unspecified atom stereocenters. The summed E-state index contributed by atoms with van der Waals surface area (Å²) in [6.45, 7) is 0. The molecule has 0 bridgehead atoms. The Bertz CT molecular complexity index is 1130. The molecule has 0 saturated carbocycles. The number of hydrogen-bond donors (Lipinski definition) is 1. The fraction of sp³-hybridized carbons (Fsp3) is 0. The summed E-state index contributed by atoms with van der Waals surface area (Å²) in [7, 11) is 0. The number of carbonyl (C=O) groups is 1. The van der Waals surface area contributed by atoms with Crippen molar-refractivity contribution in [1.29, 1.82) is 0 Å². The quantitative estimate of drug-likeness (QED) is 0.429. The molecule has 0 amide bonds. The number of aromatic nitrogens is 4. The first kappa shape index (κ1) is 16.2. The van der Waals surface area contributed by atoms with Gasteiger partial charge in [-0.2, -0.15) is 5.10 Å².